The highest BCUT2D eigenvalue weighted by atomic mass is 16.5. The van der Waals surface area contributed by atoms with Gasteiger partial charge in [0.05, 0.1) is 38.3 Å². The van der Waals surface area contributed by atoms with Crippen LogP contribution < -0.4 is 24.4 Å². The lowest BCUT2D eigenvalue weighted by atomic mass is 9.97. The van der Waals surface area contributed by atoms with Crippen LogP contribution in [-0.4, -0.2) is 33.1 Å². The molecule has 3 aromatic carbocycles. The minimum Gasteiger partial charge on any atom is -0.497 e. The van der Waals surface area contributed by atoms with Gasteiger partial charge in [0.25, 0.3) is 11.8 Å². The molecule has 0 atom stereocenters. The molecular formula is C27H26N2O5. The monoisotopic (exact) mass is 458 g/mol. The summed E-state index contributed by atoms with van der Waals surface area (Å²) < 4.78 is 16.2. The molecule has 0 saturated carbocycles. The summed E-state index contributed by atoms with van der Waals surface area (Å²) in [6.07, 6.45) is 0. The van der Waals surface area contributed by atoms with E-state index in [1.807, 2.05) is 32.0 Å². The standard InChI is InChI=1S/C27H26N2O5/c1-16-10-12-19(17(2)14-16)24-25(28-20-13-11-18(32-3)15-23(20)34-5)27(31)29(26(24)30)21-8-6-7-9-22(21)33-4/h6-15,28H,1-5H3. The second-order valence-corrected chi connectivity index (χ2v) is 7.88. The minimum absolute atomic E-state index is 0.159. The average molecular weight is 459 g/mol. The Balaban J connectivity index is 1.89. The number of hydrogen-bond donors (Lipinski definition) is 1. The van der Waals surface area contributed by atoms with Crippen LogP contribution in [0.5, 0.6) is 17.2 Å². The highest BCUT2D eigenvalue weighted by molar-refractivity contribution is 6.46. The molecule has 7 heteroatoms. The first-order valence-electron chi connectivity index (χ1n) is 10.7. The SMILES string of the molecule is COc1ccc(NC2=C(c3ccc(C)cc3C)C(=O)N(c3ccccc3OC)C2=O)c(OC)c1. The van der Waals surface area contributed by atoms with Gasteiger partial charge in [-0.15, -0.1) is 0 Å². The lowest BCUT2D eigenvalue weighted by Gasteiger charge is -2.18. The number of imide groups is 1. The molecule has 0 fully saturated rings. The van der Waals surface area contributed by atoms with Gasteiger partial charge in [0.1, 0.15) is 22.9 Å². The number of anilines is 2. The molecule has 0 aromatic heterocycles. The Kier molecular flexibility index (Phi) is 6.27. The van der Waals surface area contributed by atoms with Crippen LogP contribution in [0.1, 0.15) is 16.7 Å². The Morgan fingerprint density at radius 2 is 1.50 bits per heavy atom. The van der Waals surface area contributed by atoms with Crippen LogP contribution in [0.3, 0.4) is 0 Å². The Morgan fingerprint density at radius 3 is 2.18 bits per heavy atom. The number of nitrogens with one attached hydrogen (secondary N) is 1. The quantitative estimate of drug-likeness (QED) is 0.516. The highest BCUT2D eigenvalue weighted by Crippen LogP contribution is 2.40. The molecule has 4 rings (SSSR count). The van der Waals surface area contributed by atoms with Gasteiger partial charge in [0.15, 0.2) is 0 Å². The number of aryl methyl sites for hydroxylation is 2. The normalized spacial score (nSPS) is 13.4. The van der Waals surface area contributed by atoms with Crippen molar-refractivity contribution >= 4 is 28.8 Å². The molecule has 0 unspecified atom stereocenters. The smallest absolute Gasteiger partial charge is 0.282 e. The highest BCUT2D eigenvalue weighted by Gasteiger charge is 2.42. The first kappa shape index (κ1) is 22.9. The third-order valence-electron chi connectivity index (χ3n) is 5.73. The second kappa shape index (κ2) is 9.31. The molecule has 7 nitrogen and oxygen atoms in total. The van der Waals surface area contributed by atoms with Gasteiger partial charge in [-0.3, -0.25) is 9.59 Å². The molecule has 0 radical (unpaired) electrons. The first-order valence-corrected chi connectivity index (χ1v) is 10.7. The predicted molar refractivity (Wildman–Crippen MR) is 131 cm³/mol. The van der Waals surface area contributed by atoms with E-state index in [4.69, 9.17) is 14.2 Å². The summed E-state index contributed by atoms with van der Waals surface area (Å²) in [6, 6.07) is 17.9. The number of methoxy groups -OCH3 is 3. The molecular weight excluding hydrogens is 432 g/mol. The van der Waals surface area contributed by atoms with Gasteiger partial charge in [-0.05, 0) is 49.2 Å². The average Bonchev–Trinajstić information content (AvgIpc) is 3.08. The molecule has 0 saturated heterocycles. The van der Waals surface area contributed by atoms with Crippen molar-refractivity contribution in [3.05, 3.63) is 83.1 Å². The van der Waals surface area contributed by atoms with Gasteiger partial charge in [0.2, 0.25) is 0 Å². The maximum Gasteiger partial charge on any atom is 0.282 e. The third kappa shape index (κ3) is 3.96. The lowest BCUT2D eigenvalue weighted by Crippen LogP contribution is -2.32. The summed E-state index contributed by atoms with van der Waals surface area (Å²) in [6.45, 7) is 3.90. The maximum absolute atomic E-state index is 13.8. The van der Waals surface area contributed by atoms with Crippen molar-refractivity contribution in [2.75, 3.05) is 31.5 Å². The Labute approximate surface area is 198 Å². The van der Waals surface area contributed by atoms with Crippen LogP contribution in [0.25, 0.3) is 5.57 Å². The number of ether oxygens (including phenoxy) is 3. The summed E-state index contributed by atoms with van der Waals surface area (Å²) in [5.41, 5.74) is 3.98. The van der Waals surface area contributed by atoms with Crippen LogP contribution >= 0.6 is 0 Å². The van der Waals surface area contributed by atoms with E-state index < -0.39 is 11.8 Å². The van der Waals surface area contributed by atoms with Crippen LogP contribution in [0.15, 0.2) is 66.4 Å². The number of benzene rings is 3. The van der Waals surface area contributed by atoms with E-state index in [1.165, 1.54) is 14.2 Å². The van der Waals surface area contributed by atoms with Crippen LogP contribution in [0.4, 0.5) is 11.4 Å². The summed E-state index contributed by atoms with van der Waals surface area (Å²) in [4.78, 5) is 28.7. The van der Waals surface area contributed by atoms with Crippen LogP contribution in [0, 0.1) is 13.8 Å². The number of amides is 2. The molecule has 0 spiro atoms. The molecule has 2 amide bonds. The minimum atomic E-state index is -0.484. The number of carbonyl (C=O) groups is 2. The topological polar surface area (TPSA) is 77.1 Å². The van der Waals surface area contributed by atoms with Crippen molar-refractivity contribution in [2.45, 2.75) is 13.8 Å². The fourth-order valence-corrected chi connectivity index (χ4v) is 4.06. The van der Waals surface area contributed by atoms with Gasteiger partial charge >= 0.3 is 0 Å². The molecule has 1 aliphatic rings. The zero-order chi connectivity index (χ0) is 24.4. The van der Waals surface area contributed by atoms with E-state index >= 15 is 0 Å². The summed E-state index contributed by atoms with van der Waals surface area (Å²) in [7, 11) is 4.60. The van der Waals surface area contributed by atoms with Crippen LogP contribution in [0.2, 0.25) is 0 Å². The van der Waals surface area contributed by atoms with E-state index in [9.17, 15) is 9.59 Å². The number of nitrogens with zero attached hydrogens (tertiary/aromatic N) is 1. The molecule has 1 aliphatic heterocycles. The summed E-state index contributed by atoms with van der Waals surface area (Å²) in [5.74, 6) is 0.588. The van der Waals surface area contributed by atoms with Gasteiger partial charge in [-0.25, -0.2) is 4.90 Å². The van der Waals surface area contributed by atoms with E-state index in [0.717, 1.165) is 16.0 Å². The molecule has 0 bridgehead atoms. The fraction of sp³-hybridized carbons (Fsp3) is 0.185. The number of hydrogen-bond acceptors (Lipinski definition) is 6. The number of carbonyl (C=O) groups excluding carboxylic acids is 2. The zero-order valence-electron chi connectivity index (χ0n) is 19.8. The number of para-hydroxylation sites is 2. The number of rotatable bonds is 7. The second-order valence-electron chi connectivity index (χ2n) is 7.88. The Bertz CT molecular complexity index is 1310. The molecule has 1 heterocycles. The van der Waals surface area contributed by atoms with Crippen LogP contribution in [-0.2, 0) is 9.59 Å². The van der Waals surface area contributed by atoms with Gasteiger partial charge < -0.3 is 19.5 Å². The summed E-state index contributed by atoms with van der Waals surface area (Å²) in [5, 5.41) is 3.17. The van der Waals surface area contributed by atoms with Crippen molar-refractivity contribution < 1.29 is 23.8 Å². The van der Waals surface area contributed by atoms with E-state index in [1.54, 1.807) is 49.6 Å². The summed E-state index contributed by atoms with van der Waals surface area (Å²) >= 11 is 0. The predicted octanol–water partition coefficient (Wildman–Crippen LogP) is 4.73. The Hall–Kier alpha value is -4.26. The van der Waals surface area contributed by atoms with Crippen molar-refractivity contribution in [3.63, 3.8) is 0 Å². The van der Waals surface area contributed by atoms with Gasteiger partial charge in [0, 0.05) is 6.07 Å². The van der Waals surface area contributed by atoms with Crippen molar-refractivity contribution in [3.8, 4) is 17.2 Å². The van der Waals surface area contributed by atoms with Crippen molar-refractivity contribution in [1.29, 1.82) is 0 Å². The van der Waals surface area contributed by atoms with Gasteiger partial charge in [-0.2, -0.15) is 0 Å². The molecule has 3 aromatic rings. The van der Waals surface area contributed by atoms with Gasteiger partial charge in [-0.1, -0.05) is 35.9 Å². The fourth-order valence-electron chi connectivity index (χ4n) is 4.06. The molecule has 1 N–H and O–H groups in total. The molecule has 174 valence electrons. The third-order valence-corrected chi connectivity index (χ3v) is 5.73. The van der Waals surface area contributed by atoms with E-state index in [-0.39, 0.29) is 11.3 Å². The first-order chi connectivity index (χ1) is 16.4. The zero-order valence-corrected chi connectivity index (χ0v) is 19.8. The van der Waals surface area contributed by atoms with Crippen molar-refractivity contribution in [2.24, 2.45) is 0 Å². The Morgan fingerprint density at radius 1 is 0.765 bits per heavy atom. The van der Waals surface area contributed by atoms with Crippen molar-refractivity contribution in [1.82, 2.24) is 0 Å². The molecule has 34 heavy (non-hydrogen) atoms. The lowest BCUT2D eigenvalue weighted by molar-refractivity contribution is -0.120. The van der Waals surface area contributed by atoms with E-state index in [2.05, 4.69) is 5.32 Å². The molecule has 0 aliphatic carbocycles. The van der Waals surface area contributed by atoms with E-state index in [0.29, 0.717) is 34.2 Å². The maximum atomic E-state index is 13.8. The largest absolute Gasteiger partial charge is 0.497 e.